The Morgan fingerprint density at radius 1 is 1.25 bits per heavy atom. The van der Waals surface area contributed by atoms with Gasteiger partial charge in [-0.25, -0.2) is 0 Å². The van der Waals surface area contributed by atoms with Gasteiger partial charge in [0.2, 0.25) is 0 Å². The Balaban J connectivity index is 0. The zero-order valence-electron chi connectivity index (χ0n) is 5.21. The van der Waals surface area contributed by atoms with Crippen molar-refractivity contribution in [2.75, 3.05) is 0 Å². The second-order valence-corrected chi connectivity index (χ2v) is 0. The third-order valence-electron chi connectivity index (χ3n) is 0. The van der Waals surface area contributed by atoms with Gasteiger partial charge in [0, 0.05) is 0 Å². The maximum Gasteiger partial charge on any atom is 1.00 e. The smallest absolute Gasteiger partial charge is 1.00 e. The van der Waals surface area contributed by atoms with Crippen molar-refractivity contribution in [2.45, 2.75) is 0 Å². The first kappa shape index (κ1) is 31.0. The van der Waals surface area contributed by atoms with E-state index >= 15 is 0 Å². The van der Waals surface area contributed by atoms with E-state index in [-0.39, 0.29) is 95.4 Å². The van der Waals surface area contributed by atoms with Gasteiger partial charge in [-0.1, -0.05) is 0 Å². The van der Waals surface area contributed by atoms with E-state index in [4.69, 9.17) is 0 Å². The molecule has 20 valence electrons. The second-order valence-electron chi connectivity index (χ2n) is 0. The third-order valence-corrected chi connectivity index (χ3v) is 0. The van der Waals surface area contributed by atoms with Crippen LogP contribution in [0.25, 0.3) is 0 Å². The van der Waals surface area contributed by atoms with Crippen molar-refractivity contribution in [3.05, 3.63) is 0 Å². The van der Waals surface area contributed by atoms with E-state index in [9.17, 15) is 0 Å². The van der Waals surface area contributed by atoms with Crippen LogP contribution in [-0.4, -0.2) is 5.48 Å². The van der Waals surface area contributed by atoms with Crippen LogP contribution < -0.4 is 87.1 Å². The monoisotopic (exact) mass is 99.0 g/mol. The molecule has 0 unspecified atom stereocenters. The number of hydrogen-bond donors (Lipinski definition) is 1. The van der Waals surface area contributed by atoms with E-state index in [1.807, 2.05) is 0 Å². The van der Waals surface area contributed by atoms with Crippen LogP contribution in [0.4, 0.5) is 0 Å². The largest absolute Gasteiger partial charge is 1.00 e. The van der Waals surface area contributed by atoms with E-state index in [2.05, 4.69) is 0 Å². The van der Waals surface area contributed by atoms with Gasteiger partial charge < -0.3 is 14.5 Å². The van der Waals surface area contributed by atoms with Crippen LogP contribution in [0.5, 0.6) is 0 Å². The minimum atomic E-state index is 0. The zero-order chi connectivity index (χ0) is 0. The maximum atomic E-state index is 0. The van der Waals surface area contributed by atoms with E-state index in [0.717, 1.165) is 0 Å². The molecule has 0 fully saturated rings. The van der Waals surface area contributed by atoms with E-state index in [1.54, 1.807) is 0 Å². The van der Waals surface area contributed by atoms with Crippen molar-refractivity contribution < 1.29 is 89.3 Å². The van der Waals surface area contributed by atoms with E-state index in [0.29, 0.717) is 0 Å². The minimum Gasteiger partial charge on any atom is -1.00 e. The molecule has 0 aliphatic heterocycles. The second kappa shape index (κ2) is 17.7. The summed E-state index contributed by atoms with van der Waals surface area (Å²) < 4.78 is 0. The van der Waals surface area contributed by atoms with Gasteiger partial charge in [0.25, 0.3) is 0 Å². The Morgan fingerprint density at radius 2 is 1.25 bits per heavy atom. The van der Waals surface area contributed by atoms with Gasteiger partial charge in [-0.05, 0) is 0 Å². The van der Waals surface area contributed by atoms with Crippen molar-refractivity contribution in [3.63, 3.8) is 0 Å². The molecule has 4 heteroatoms. The summed E-state index contributed by atoms with van der Waals surface area (Å²) >= 11 is 0. The summed E-state index contributed by atoms with van der Waals surface area (Å²) in [6, 6.07) is 0. The molecule has 0 aromatic carbocycles. The molecule has 0 spiro atoms. The molecule has 0 aromatic heterocycles. The summed E-state index contributed by atoms with van der Waals surface area (Å²) in [5.41, 5.74) is 0. The van der Waals surface area contributed by atoms with Crippen molar-refractivity contribution in [3.8, 4) is 0 Å². The topological polar surface area (TPSA) is 66.5 Å². The normalized spacial score (nSPS) is 0. The Hall–Kier alpha value is 2.56. The first-order valence-corrected chi connectivity index (χ1v) is 0. The predicted molar refractivity (Wildman–Crippen MR) is 10.9 cm³/mol. The van der Waals surface area contributed by atoms with Crippen molar-refractivity contribution >= 4 is 0 Å². The number of rotatable bonds is 0. The van der Waals surface area contributed by atoms with Gasteiger partial charge in [-0.2, -0.15) is 0 Å². The van der Waals surface area contributed by atoms with Crippen LogP contribution in [-0.2, 0) is 0 Å². The fourth-order valence-corrected chi connectivity index (χ4v) is 0. The SMILES string of the molecule is N.O.[H-].[H-].[K+].[Na+]. The summed E-state index contributed by atoms with van der Waals surface area (Å²) in [5, 5.41) is 0. The molecule has 0 aliphatic carbocycles. The third kappa shape index (κ3) is 8.82. The van der Waals surface area contributed by atoms with Gasteiger partial charge in [0.05, 0.1) is 0 Å². The van der Waals surface area contributed by atoms with Crippen LogP contribution >= 0.6 is 0 Å². The van der Waals surface area contributed by atoms with Crippen LogP contribution in [0.2, 0.25) is 0 Å². The molecule has 0 saturated carbocycles. The molecule has 0 bridgehead atoms. The molecule has 0 radical (unpaired) electrons. The van der Waals surface area contributed by atoms with Gasteiger partial charge in [-0.15, -0.1) is 0 Å². The molecule has 0 heterocycles. The standard InChI is InChI=1S/K.H3N.Na.H2O.2H/h;1H3;;1H2;;/q+1;;+1;;2*-1. The first-order chi connectivity index (χ1) is 0. The van der Waals surface area contributed by atoms with Gasteiger partial charge >= 0.3 is 80.9 Å². The van der Waals surface area contributed by atoms with Gasteiger partial charge in [0.1, 0.15) is 0 Å². The minimum absolute atomic E-state index is 0. The van der Waals surface area contributed by atoms with E-state index < -0.39 is 0 Å². The van der Waals surface area contributed by atoms with Crippen molar-refractivity contribution in [1.82, 2.24) is 6.15 Å². The Labute approximate surface area is 93.3 Å². The fraction of sp³-hybridized carbons (Fsp3) is 0. The molecule has 2 nitrogen and oxygen atoms in total. The van der Waals surface area contributed by atoms with Crippen molar-refractivity contribution in [1.29, 1.82) is 0 Å². The molecule has 4 heavy (non-hydrogen) atoms. The van der Waals surface area contributed by atoms with Crippen LogP contribution in [0, 0.1) is 0 Å². The molecule has 0 saturated heterocycles. The summed E-state index contributed by atoms with van der Waals surface area (Å²) in [6.07, 6.45) is 0. The van der Waals surface area contributed by atoms with Gasteiger partial charge in [-0.3, -0.25) is 0 Å². The Bertz CT molecular complexity index is 13.5. The van der Waals surface area contributed by atoms with Crippen LogP contribution in [0.1, 0.15) is 2.85 Å². The average molecular weight is 99.1 g/mol. The summed E-state index contributed by atoms with van der Waals surface area (Å²) in [7, 11) is 0. The molecular formula is H7KNNaO. The van der Waals surface area contributed by atoms with Crippen molar-refractivity contribution in [2.24, 2.45) is 0 Å². The summed E-state index contributed by atoms with van der Waals surface area (Å²) in [5.74, 6) is 0. The average Bonchev–Trinajstić information content (AvgIpc) is 0. The molecule has 0 rings (SSSR count). The quantitative estimate of drug-likeness (QED) is 0.301. The first-order valence-electron chi connectivity index (χ1n) is 0. The predicted octanol–water partition coefficient (Wildman–Crippen LogP) is -6.43. The van der Waals surface area contributed by atoms with Gasteiger partial charge in [0.15, 0.2) is 0 Å². The molecular weight excluding hydrogens is 92.1 g/mol. The zero-order valence-corrected chi connectivity index (χ0v) is 8.33. The molecule has 0 amide bonds. The molecule has 0 aromatic rings. The maximum absolute atomic E-state index is 0. The number of hydrogen-bond acceptors (Lipinski definition) is 1. The fourth-order valence-electron chi connectivity index (χ4n) is 0. The van der Waals surface area contributed by atoms with Crippen LogP contribution in [0.15, 0.2) is 0 Å². The molecule has 0 atom stereocenters. The van der Waals surface area contributed by atoms with Crippen LogP contribution in [0.3, 0.4) is 0 Å². The molecule has 5 N–H and O–H groups in total. The molecule has 0 aliphatic rings. The summed E-state index contributed by atoms with van der Waals surface area (Å²) in [6.45, 7) is 0. The summed E-state index contributed by atoms with van der Waals surface area (Å²) in [4.78, 5) is 0. The Morgan fingerprint density at radius 3 is 1.25 bits per heavy atom. The van der Waals surface area contributed by atoms with E-state index in [1.165, 1.54) is 0 Å². The Kier molecular flexibility index (Phi) is 137.